The van der Waals surface area contributed by atoms with Gasteiger partial charge >= 0.3 is 0 Å². The number of H-pyrrole nitrogens is 1. The van der Waals surface area contributed by atoms with Crippen molar-refractivity contribution in [1.29, 1.82) is 0 Å². The standard InChI is InChI=1S/C16H22N4O3/c1-10-11(2)19-15(20-16(10)22)12-4-5-14(18-8-12)17-7-6-13(21)9-23-3/h4-5,8,13,21H,6-7,9H2,1-3H3,(H,17,18)(H,19,20,22). The predicted molar refractivity (Wildman–Crippen MR) is 88.6 cm³/mol. The van der Waals surface area contributed by atoms with Crippen LogP contribution in [0, 0.1) is 13.8 Å². The number of nitrogens with one attached hydrogen (secondary N) is 2. The number of rotatable bonds is 7. The number of ether oxygens (including phenoxy) is 1. The molecule has 2 aromatic heterocycles. The number of aliphatic hydroxyl groups excluding tert-OH is 1. The normalized spacial score (nSPS) is 12.2. The van der Waals surface area contributed by atoms with E-state index in [4.69, 9.17) is 4.74 Å². The van der Waals surface area contributed by atoms with Crippen molar-refractivity contribution in [2.75, 3.05) is 25.6 Å². The van der Waals surface area contributed by atoms with Gasteiger partial charge in [-0.25, -0.2) is 9.97 Å². The first-order valence-corrected chi connectivity index (χ1v) is 7.46. The maximum Gasteiger partial charge on any atom is 0.254 e. The number of hydrogen-bond acceptors (Lipinski definition) is 6. The minimum absolute atomic E-state index is 0.137. The fourth-order valence-corrected chi connectivity index (χ4v) is 2.06. The van der Waals surface area contributed by atoms with Crippen molar-refractivity contribution in [2.45, 2.75) is 26.4 Å². The Morgan fingerprint density at radius 2 is 2.17 bits per heavy atom. The molecule has 2 rings (SSSR count). The number of nitrogens with zero attached hydrogens (tertiary/aromatic N) is 2. The largest absolute Gasteiger partial charge is 0.391 e. The van der Waals surface area contributed by atoms with Crippen molar-refractivity contribution < 1.29 is 9.84 Å². The third kappa shape index (κ3) is 4.61. The van der Waals surface area contributed by atoms with Gasteiger partial charge < -0.3 is 20.1 Å². The van der Waals surface area contributed by atoms with Crippen LogP contribution in [0.25, 0.3) is 11.4 Å². The van der Waals surface area contributed by atoms with Crippen LogP contribution in [0.4, 0.5) is 5.82 Å². The number of hydrogen-bond donors (Lipinski definition) is 3. The summed E-state index contributed by atoms with van der Waals surface area (Å²) in [4.78, 5) is 23.2. The number of pyridine rings is 1. The van der Waals surface area contributed by atoms with Gasteiger partial charge in [0.25, 0.3) is 5.56 Å². The SMILES string of the molecule is COCC(O)CCNc1ccc(-c2nc(C)c(C)c(=O)[nH]2)cn1. The van der Waals surface area contributed by atoms with Crippen LogP contribution >= 0.6 is 0 Å². The molecule has 7 heteroatoms. The molecule has 7 nitrogen and oxygen atoms in total. The zero-order valence-electron chi connectivity index (χ0n) is 13.6. The zero-order chi connectivity index (χ0) is 16.8. The van der Waals surface area contributed by atoms with Crippen molar-refractivity contribution in [3.63, 3.8) is 0 Å². The van der Waals surface area contributed by atoms with Crippen LogP contribution < -0.4 is 10.9 Å². The first kappa shape index (κ1) is 17.1. The van der Waals surface area contributed by atoms with Crippen molar-refractivity contribution >= 4 is 5.82 Å². The molecule has 23 heavy (non-hydrogen) atoms. The number of aliphatic hydroxyl groups is 1. The zero-order valence-corrected chi connectivity index (χ0v) is 13.6. The molecule has 0 aliphatic carbocycles. The summed E-state index contributed by atoms with van der Waals surface area (Å²) in [6, 6.07) is 3.65. The van der Waals surface area contributed by atoms with Gasteiger partial charge in [0.2, 0.25) is 0 Å². The minimum atomic E-state index is -0.489. The Labute approximate surface area is 134 Å². The van der Waals surface area contributed by atoms with Gasteiger partial charge in [-0.1, -0.05) is 0 Å². The van der Waals surface area contributed by atoms with Gasteiger partial charge in [-0.3, -0.25) is 4.79 Å². The number of aromatic amines is 1. The third-order valence-electron chi connectivity index (χ3n) is 3.57. The molecule has 0 saturated carbocycles. The molecular formula is C16H22N4O3. The number of aromatic nitrogens is 3. The lowest BCUT2D eigenvalue weighted by molar-refractivity contribution is 0.0615. The smallest absolute Gasteiger partial charge is 0.254 e. The number of methoxy groups -OCH3 is 1. The lowest BCUT2D eigenvalue weighted by atomic mass is 10.2. The highest BCUT2D eigenvalue weighted by atomic mass is 16.5. The van der Waals surface area contributed by atoms with Crippen LogP contribution in [-0.2, 0) is 4.74 Å². The van der Waals surface area contributed by atoms with Gasteiger partial charge in [0, 0.05) is 36.7 Å². The highest BCUT2D eigenvalue weighted by Gasteiger charge is 2.07. The maximum atomic E-state index is 11.8. The molecule has 1 atom stereocenters. The summed E-state index contributed by atoms with van der Waals surface area (Å²) in [6.07, 6.45) is 1.74. The second-order valence-corrected chi connectivity index (χ2v) is 5.38. The molecule has 3 N–H and O–H groups in total. The molecule has 2 aromatic rings. The van der Waals surface area contributed by atoms with E-state index in [1.165, 1.54) is 0 Å². The molecule has 0 aliphatic heterocycles. The Morgan fingerprint density at radius 3 is 2.78 bits per heavy atom. The third-order valence-corrected chi connectivity index (χ3v) is 3.57. The van der Waals surface area contributed by atoms with Gasteiger partial charge in [0.05, 0.1) is 12.7 Å². The van der Waals surface area contributed by atoms with E-state index in [0.29, 0.717) is 42.5 Å². The topological polar surface area (TPSA) is 100 Å². The molecule has 1 unspecified atom stereocenters. The summed E-state index contributed by atoms with van der Waals surface area (Å²) in [5.41, 5.74) is 1.93. The van der Waals surface area contributed by atoms with Gasteiger partial charge in [-0.05, 0) is 32.4 Å². The highest BCUT2D eigenvalue weighted by molar-refractivity contribution is 5.56. The van der Waals surface area contributed by atoms with E-state index in [1.54, 1.807) is 20.2 Å². The fraction of sp³-hybridized carbons (Fsp3) is 0.438. The summed E-state index contributed by atoms with van der Waals surface area (Å²) < 4.78 is 4.87. The molecule has 0 radical (unpaired) electrons. The highest BCUT2D eigenvalue weighted by Crippen LogP contribution is 2.15. The first-order valence-electron chi connectivity index (χ1n) is 7.46. The van der Waals surface area contributed by atoms with Crippen molar-refractivity contribution in [3.8, 4) is 11.4 Å². The van der Waals surface area contributed by atoms with Crippen molar-refractivity contribution in [2.24, 2.45) is 0 Å². The monoisotopic (exact) mass is 318 g/mol. The molecule has 0 bridgehead atoms. The Hall–Kier alpha value is -2.25. The van der Waals surface area contributed by atoms with Gasteiger partial charge in [-0.2, -0.15) is 0 Å². The van der Waals surface area contributed by atoms with E-state index in [0.717, 1.165) is 5.56 Å². The molecule has 0 amide bonds. The number of anilines is 1. The van der Waals surface area contributed by atoms with Crippen LogP contribution in [-0.4, -0.2) is 46.4 Å². The quantitative estimate of drug-likeness (QED) is 0.710. The van der Waals surface area contributed by atoms with Crippen LogP contribution in [0.2, 0.25) is 0 Å². The van der Waals surface area contributed by atoms with Crippen LogP contribution in [0.5, 0.6) is 0 Å². The maximum absolute atomic E-state index is 11.8. The van der Waals surface area contributed by atoms with E-state index < -0.39 is 6.10 Å². The summed E-state index contributed by atoms with van der Waals surface area (Å²) in [5.74, 6) is 1.21. The Balaban J connectivity index is 2.01. The van der Waals surface area contributed by atoms with Crippen molar-refractivity contribution in [3.05, 3.63) is 39.9 Å². The van der Waals surface area contributed by atoms with Crippen molar-refractivity contribution in [1.82, 2.24) is 15.0 Å². The molecule has 124 valence electrons. The first-order chi connectivity index (χ1) is 11.0. The average Bonchev–Trinajstić information content (AvgIpc) is 2.53. The van der Waals surface area contributed by atoms with Gasteiger partial charge in [-0.15, -0.1) is 0 Å². The fourth-order valence-electron chi connectivity index (χ4n) is 2.06. The Morgan fingerprint density at radius 1 is 1.39 bits per heavy atom. The lowest BCUT2D eigenvalue weighted by Gasteiger charge is -2.10. The van der Waals surface area contributed by atoms with Gasteiger partial charge in [0.15, 0.2) is 0 Å². The molecule has 2 heterocycles. The summed E-state index contributed by atoms with van der Waals surface area (Å²) in [6.45, 7) is 4.46. The molecule has 0 aromatic carbocycles. The van der Waals surface area contributed by atoms with Crippen LogP contribution in [0.15, 0.2) is 23.1 Å². The van der Waals surface area contributed by atoms with Crippen LogP contribution in [0.3, 0.4) is 0 Å². The molecule has 0 aliphatic rings. The Kier molecular flexibility index (Phi) is 5.84. The van der Waals surface area contributed by atoms with E-state index in [2.05, 4.69) is 20.3 Å². The summed E-state index contributed by atoms with van der Waals surface area (Å²) in [5, 5.41) is 12.7. The summed E-state index contributed by atoms with van der Waals surface area (Å²) >= 11 is 0. The Bertz CT molecular complexity index is 697. The van der Waals surface area contributed by atoms with E-state index >= 15 is 0 Å². The van der Waals surface area contributed by atoms with E-state index in [-0.39, 0.29) is 5.56 Å². The van der Waals surface area contributed by atoms with Gasteiger partial charge in [0.1, 0.15) is 11.6 Å². The molecule has 0 saturated heterocycles. The van der Waals surface area contributed by atoms with Crippen LogP contribution in [0.1, 0.15) is 17.7 Å². The second kappa shape index (κ2) is 7.85. The number of aryl methyl sites for hydroxylation is 1. The second-order valence-electron chi connectivity index (χ2n) is 5.38. The van der Waals surface area contributed by atoms with E-state index in [9.17, 15) is 9.90 Å². The molecule has 0 fully saturated rings. The molecule has 0 spiro atoms. The molecular weight excluding hydrogens is 296 g/mol. The van der Waals surface area contributed by atoms with E-state index in [1.807, 2.05) is 19.1 Å². The average molecular weight is 318 g/mol. The lowest BCUT2D eigenvalue weighted by Crippen LogP contribution is -2.18. The minimum Gasteiger partial charge on any atom is -0.391 e. The summed E-state index contributed by atoms with van der Waals surface area (Å²) in [7, 11) is 1.56. The predicted octanol–water partition coefficient (Wildman–Crippen LogP) is 1.26.